The highest BCUT2D eigenvalue weighted by Gasteiger charge is 2.54. The summed E-state index contributed by atoms with van der Waals surface area (Å²) in [5.41, 5.74) is 15.4. The lowest BCUT2D eigenvalue weighted by Crippen LogP contribution is -2.41. The Morgan fingerprint density at radius 2 is 0.637 bits per heavy atom. The molecule has 9 nitrogen and oxygen atoms in total. The summed E-state index contributed by atoms with van der Waals surface area (Å²) < 4.78 is 56.9. The molecule has 502 valence electrons. The monoisotopic (exact) mass is 1340 g/mol. The van der Waals surface area contributed by atoms with Crippen molar-refractivity contribution in [1.29, 1.82) is 0 Å². The van der Waals surface area contributed by atoms with Gasteiger partial charge in [0.15, 0.2) is 0 Å². The summed E-state index contributed by atoms with van der Waals surface area (Å²) in [5.74, 6) is 0. The van der Waals surface area contributed by atoms with Gasteiger partial charge in [0.25, 0.3) is 0 Å². The average Bonchev–Trinajstić information content (AvgIpc) is 1.50. The first-order chi connectivity index (χ1) is 49.0. The van der Waals surface area contributed by atoms with Crippen LogP contribution in [0.15, 0.2) is 274 Å². The third-order valence-electron chi connectivity index (χ3n) is 22.5. The van der Waals surface area contributed by atoms with Gasteiger partial charge in [-0.2, -0.15) is 0 Å². The lowest BCUT2D eigenvalue weighted by atomic mass is 9.74. The zero-order valence-corrected chi connectivity index (χ0v) is 59.7. The first-order valence-electron chi connectivity index (χ1n) is 35.4. The van der Waals surface area contributed by atoms with E-state index in [0.717, 1.165) is 116 Å². The van der Waals surface area contributed by atoms with E-state index in [2.05, 4.69) is 320 Å². The highest BCUT2D eigenvalue weighted by molar-refractivity contribution is 6.64. The maximum Gasteiger partial charge on any atom is 0.495 e. The minimum Gasteiger partial charge on any atom is -0.456 e. The third-order valence-corrected chi connectivity index (χ3v) is 22.5. The van der Waals surface area contributed by atoms with Crippen molar-refractivity contribution in [2.75, 3.05) is 0 Å². The molecule has 0 unspecified atom stereocenters. The van der Waals surface area contributed by atoms with Gasteiger partial charge in [0, 0.05) is 37.9 Å². The van der Waals surface area contributed by atoms with Crippen LogP contribution in [0.4, 0.5) is 0 Å². The number of hydrogen-bond donors (Lipinski definition) is 0. The topological polar surface area (TPSA) is 94.8 Å². The van der Waals surface area contributed by atoms with Gasteiger partial charge in [0.2, 0.25) is 0 Å². The van der Waals surface area contributed by atoms with Gasteiger partial charge in [-0.25, -0.2) is 0 Å². The molecule has 0 N–H and O–H groups in total. The Hall–Kier alpha value is -10.0. The molecule has 3 aliphatic heterocycles. The predicted octanol–water partition coefficient (Wildman–Crippen LogP) is 21.8. The Labute approximate surface area is 595 Å². The Balaban J connectivity index is 0.000000114. The van der Waals surface area contributed by atoms with Gasteiger partial charge in [-0.15, -0.1) is 0 Å². The molecule has 6 heterocycles. The van der Waals surface area contributed by atoms with Gasteiger partial charge in [-0.3, -0.25) is 0 Å². The maximum atomic E-state index is 6.42. The fourth-order valence-corrected chi connectivity index (χ4v) is 14.6. The van der Waals surface area contributed by atoms with E-state index in [-0.39, 0.29) is 29.5 Å². The molecular weight excluding hydrogens is 1260 g/mol. The second-order valence-corrected chi connectivity index (χ2v) is 30.6. The molecule has 0 aliphatic carbocycles. The Morgan fingerprint density at radius 1 is 0.235 bits per heavy atom. The molecule has 0 saturated carbocycles. The number of furan rings is 3. The average molecular weight is 1340 g/mol. The Bertz CT molecular complexity index is 5930. The standard InChI is InChI=1S/C34H29BO3.2C28H25BO3/c1-33(2)34(3,4)38-35(37-33)28-11-7-10-24(18-28)22-12-14-23(15-13-22)27-16-17-31-29(20-27)30-19-25-8-5-6-9-26(25)21-32(30)36-31;1-27(2)28(3,4)32-29(31-27)20-12-9-11-19(16-20)25-21-13-6-5-10-18(21)17-23-22-14-7-8-15-24(22)30-26(23)25;1-27(2)28(3,4)32-29(31-27)23-14-8-7-12-20(23)21-13-9-15-24-26(21)22-16-18-10-5-6-11-19(18)17-25(22)30-24/h5-21H,1-4H3;2*5-17H,1-4H3. The van der Waals surface area contributed by atoms with Crippen LogP contribution in [-0.4, -0.2) is 55.0 Å². The van der Waals surface area contributed by atoms with E-state index in [0.29, 0.717) is 0 Å². The largest absolute Gasteiger partial charge is 0.495 e. The molecule has 16 aromatic rings. The molecule has 3 aromatic heterocycles. The van der Waals surface area contributed by atoms with Crippen LogP contribution in [0, 0.1) is 0 Å². The second kappa shape index (κ2) is 24.3. The SMILES string of the molecule is CC1(C)OB(c2cccc(-c3c4ccccc4cc4c3oc3ccccc34)c2)OC1(C)C.CC1(C)OB(c2cccc(-c3ccc(-c4ccc5oc6cc7ccccc7cc6c5c4)cc3)c2)OC1(C)C.CC1(C)OB(c2ccccc2-c2cccc3oc4cc5ccccc5cc4c23)OC1(C)C. The summed E-state index contributed by atoms with van der Waals surface area (Å²) in [7, 11) is -1.20. The van der Waals surface area contributed by atoms with Gasteiger partial charge < -0.3 is 41.2 Å². The molecular formula is C90H79B3O9. The molecule has 0 bridgehead atoms. The van der Waals surface area contributed by atoms with Crippen molar-refractivity contribution < 1.29 is 41.2 Å². The fraction of sp³-hybridized carbons (Fsp3) is 0.200. The maximum absolute atomic E-state index is 6.42. The van der Waals surface area contributed by atoms with E-state index >= 15 is 0 Å². The number of rotatable bonds is 7. The number of benzene rings is 13. The van der Waals surface area contributed by atoms with Crippen molar-refractivity contribution in [3.63, 3.8) is 0 Å². The van der Waals surface area contributed by atoms with Crippen LogP contribution in [0.25, 0.3) is 143 Å². The van der Waals surface area contributed by atoms with Crippen LogP contribution in [0.5, 0.6) is 0 Å². The smallest absolute Gasteiger partial charge is 0.456 e. The summed E-state index contributed by atoms with van der Waals surface area (Å²) >= 11 is 0. The summed E-state index contributed by atoms with van der Waals surface area (Å²) in [5, 5.41) is 14.0. The van der Waals surface area contributed by atoms with Crippen molar-refractivity contribution in [1.82, 2.24) is 0 Å². The van der Waals surface area contributed by atoms with Crippen LogP contribution >= 0.6 is 0 Å². The van der Waals surface area contributed by atoms with Gasteiger partial charge in [-0.1, -0.05) is 206 Å². The van der Waals surface area contributed by atoms with Crippen LogP contribution in [0.1, 0.15) is 83.1 Å². The zero-order chi connectivity index (χ0) is 70.2. The fourth-order valence-electron chi connectivity index (χ4n) is 14.6. The van der Waals surface area contributed by atoms with E-state index in [4.69, 9.17) is 41.2 Å². The highest BCUT2D eigenvalue weighted by Crippen LogP contribution is 2.45. The van der Waals surface area contributed by atoms with E-state index < -0.39 is 25.4 Å². The lowest BCUT2D eigenvalue weighted by Gasteiger charge is -2.32. The van der Waals surface area contributed by atoms with Crippen LogP contribution in [0.2, 0.25) is 0 Å². The summed E-state index contributed by atoms with van der Waals surface area (Å²) in [6.07, 6.45) is 0. The summed E-state index contributed by atoms with van der Waals surface area (Å²) in [6.45, 7) is 25.0. The van der Waals surface area contributed by atoms with Crippen molar-refractivity contribution in [3.8, 4) is 44.5 Å². The summed E-state index contributed by atoms with van der Waals surface area (Å²) in [6, 6.07) is 91.3. The molecule has 3 fully saturated rings. The number of para-hydroxylation sites is 1. The Morgan fingerprint density at radius 3 is 1.25 bits per heavy atom. The van der Waals surface area contributed by atoms with Gasteiger partial charge in [0.05, 0.1) is 33.6 Å². The molecule has 0 amide bonds. The first-order valence-corrected chi connectivity index (χ1v) is 35.4. The normalized spacial score (nSPS) is 17.2. The van der Waals surface area contributed by atoms with Crippen LogP contribution < -0.4 is 16.4 Å². The van der Waals surface area contributed by atoms with Gasteiger partial charge >= 0.3 is 21.4 Å². The summed E-state index contributed by atoms with van der Waals surface area (Å²) in [4.78, 5) is 0. The molecule has 12 heteroatoms. The molecule has 3 saturated heterocycles. The first kappa shape index (κ1) is 65.3. The van der Waals surface area contributed by atoms with Crippen LogP contribution in [-0.2, 0) is 27.9 Å². The second-order valence-electron chi connectivity index (χ2n) is 30.6. The Kier molecular flexibility index (Phi) is 15.6. The van der Waals surface area contributed by atoms with Crippen molar-refractivity contribution >= 4 is 136 Å². The lowest BCUT2D eigenvalue weighted by molar-refractivity contribution is 0.00578. The quantitative estimate of drug-likeness (QED) is 0.145. The van der Waals surface area contributed by atoms with E-state index in [1.165, 1.54) is 43.4 Å². The number of fused-ring (bicyclic) bond motifs is 12. The third kappa shape index (κ3) is 11.3. The van der Waals surface area contributed by atoms with Gasteiger partial charge in [-0.05, 0) is 225 Å². The van der Waals surface area contributed by atoms with Crippen molar-refractivity contribution in [2.45, 2.75) is 117 Å². The molecule has 13 aromatic carbocycles. The zero-order valence-electron chi connectivity index (χ0n) is 59.7. The molecule has 0 atom stereocenters. The minimum absolute atomic E-state index is 0.357. The molecule has 0 radical (unpaired) electrons. The minimum atomic E-state index is -0.426. The predicted molar refractivity (Wildman–Crippen MR) is 423 cm³/mol. The number of hydrogen-bond acceptors (Lipinski definition) is 9. The van der Waals surface area contributed by atoms with Gasteiger partial charge in [0.1, 0.15) is 33.5 Å². The molecule has 3 aliphatic rings. The van der Waals surface area contributed by atoms with Crippen LogP contribution in [0.3, 0.4) is 0 Å². The molecule has 0 spiro atoms. The van der Waals surface area contributed by atoms with E-state index in [1.54, 1.807) is 0 Å². The molecule has 19 rings (SSSR count). The highest BCUT2D eigenvalue weighted by atomic mass is 16.7. The van der Waals surface area contributed by atoms with E-state index in [9.17, 15) is 0 Å². The van der Waals surface area contributed by atoms with E-state index in [1.807, 2.05) is 24.3 Å². The van der Waals surface area contributed by atoms with Crippen molar-refractivity contribution in [2.24, 2.45) is 0 Å². The molecule has 102 heavy (non-hydrogen) atoms. The van der Waals surface area contributed by atoms with Crippen molar-refractivity contribution in [3.05, 3.63) is 261 Å².